The third-order valence-corrected chi connectivity index (χ3v) is 3.62. The van der Waals surface area contributed by atoms with Gasteiger partial charge in [0.15, 0.2) is 11.5 Å². The van der Waals surface area contributed by atoms with Crippen molar-refractivity contribution < 1.29 is 23.9 Å². The summed E-state index contributed by atoms with van der Waals surface area (Å²) in [6.45, 7) is 0. The maximum Gasteiger partial charge on any atom is 0.317 e. The number of carbonyl (C=O) groups excluding carboxylic acids is 1. The molecule has 0 spiro atoms. The molecule has 126 valence electrons. The largest absolute Gasteiger partial charge is 0.493 e. The minimum Gasteiger partial charge on any atom is -0.493 e. The van der Waals surface area contributed by atoms with Gasteiger partial charge in [-0.1, -0.05) is 18.2 Å². The summed E-state index contributed by atoms with van der Waals surface area (Å²) in [7, 11) is 4.31. The van der Waals surface area contributed by atoms with Crippen LogP contribution >= 0.6 is 0 Å². The molecule has 0 heterocycles. The van der Waals surface area contributed by atoms with E-state index >= 15 is 0 Å². The van der Waals surface area contributed by atoms with Crippen molar-refractivity contribution in [1.29, 1.82) is 0 Å². The minimum absolute atomic E-state index is 0.0466. The van der Waals surface area contributed by atoms with Crippen molar-refractivity contribution in [2.75, 3.05) is 21.3 Å². The zero-order chi connectivity index (χ0) is 17.7. The lowest BCUT2D eigenvalue weighted by Crippen LogP contribution is -2.16. The molecule has 0 saturated carbocycles. The van der Waals surface area contributed by atoms with Crippen LogP contribution in [0.4, 0.5) is 5.69 Å². The average molecular weight is 331 g/mol. The lowest BCUT2D eigenvalue weighted by Gasteiger charge is -2.17. The summed E-state index contributed by atoms with van der Waals surface area (Å²) in [6, 6.07) is 10.9. The van der Waals surface area contributed by atoms with Crippen molar-refractivity contribution in [3.05, 3.63) is 63.7 Å². The Morgan fingerprint density at radius 3 is 2.04 bits per heavy atom. The van der Waals surface area contributed by atoms with Crippen LogP contribution in [-0.2, 0) is 9.53 Å². The first kappa shape index (κ1) is 17.3. The molecule has 0 radical (unpaired) electrons. The number of nitro benzene ring substituents is 1. The van der Waals surface area contributed by atoms with E-state index in [-0.39, 0.29) is 5.69 Å². The summed E-state index contributed by atoms with van der Waals surface area (Å²) in [6.07, 6.45) is 0. The second-order valence-corrected chi connectivity index (χ2v) is 4.92. The van der Waals surface area contributed by atoms with Crippen LogP contribution < -0.4 is 9.47 Å². The molecule has 1 atom stereocenters. The van der Waals surface area contributed by atoms with E-state index in [9.17, 15) is 14.9 Å². The van der Waals surface area contributed by atoms with Gasteiger partial charge in [0.25, 0.3) is 5.69 Å². The molecule has 0 aliphatic carbocycles. The van der Waals surface area contributed by atoms with Crippen LogP contribution in [-0.4, -0.2) is 32.2 Å². The molecule has 0 aliphatic rings. The highest BCUT2D eigenvalue weighted by Crippen LogP contribution is 2.34. The number of non-ortho nitro benzene ring substituents is 1. The van der Waals surface area contributed by atoms with Gasteiger partial charge in [-0.05, 0) is 23.3 Å². The van der Waals surface area contributed by atoms with Gasteiger partial charge < -0.3 is 14.2 Å². The summed E-state index contributed by atoms with van der Waals surface area (Å²) < 4.78 is 15.3. The topological polar surface area (TPSA) is 87.9 Å². The molecule has 0 N–H and O–H groups in total. The van der Waals surface area contributed by atoms with E-state index < -0.39 is 16.8 Å². The second kappa shape index (κ2) is 7.45. The van der Waals surface area contributed by atoms with E-state index in [0.717, 1.165) is 0 Å². The van der Waals surface area contributed by atoms with Crippen LogP contribution in [0.1, 0.15) is 17.0 Å². The smallest absolute Gasteiger partial charge is 0.317 e. The van der Waals surface area contributed by atoms with Crippen molar-refractivity contribution in [3.63, 3.8) is 0 Å². The Kier molecular flexibility index (Phi) is 5.36. The fourth-order valence-corrected chi connectivity index (χ4v) is 2.40. The third-order valence-electron chi connectivity index (χ3n) is 3.62. The zero-order valence-corrected chi connectivity index (χ0v) is 13.5. The molecular weight excluding hydrogens is 314 g/mol. The molecule has 1 unspecified atom stereocenters. The predicted molar refractivity (Wildman–Crippen MR) is 86.5 cm³/mol. The second-order valence-electron chi connectivity index (χ2n) is 4.92. The Hall–Kier alpha value is -3.09. The minimum atomic E-state index is -0.726. The van der Waals surface area contributed by atoms with Crippen molar-refractivity contribution in [2.24, 2.45) is 0 Å². The Balaban J connectivity index is 2.49. The molecule has 0 fully saturated rings. The number of ether oxygens (including phenoxy) is 3. The molecule has 0 aromatic heterocycles. The summed E-state index contributed by atoms with van der Waals surface area (Å²) in [5.74, 6) is -0.189. The van der Waals surface area contributed by atoms with Gasteiger partial charge in [-0.3, -0.25) is 14.9 Å². The van der Waals surface area contributed by atoms with Crippen LogP contribution in [0.2, 0.25) is 0 Å². The quantitative estimate of drug-likeness (QED) is 0.459. The number of esters is 1. The summed E-state index contributed by atoms with van der Waals surface area (Å²) in [5, 5.41) is 10.8. The van der Waals surface area contributed by atoms with Crippen molar-refractivity contribution >= 4 is 11.7 Å². The maximum absolute atomic E-state index is 12.3. The zero-order valence-electron chi connectivity index (χ0n) is 13.5. The van der Waals surface area contributed by atoms with Gasteiger partial charge in [0.2, 0.25) is 0 Å². The monoisotopic (exact) mass is 331 g/mol. The van der Waals surface area contributed by atoms with E-state index in [2.05, 4.69) is 0 Å². The fraction of sp³-hybridized carbons (Fsp3) is 0.235. The molecule has 0 bridgehead atoms. The van der Waals surface area contributed by atoms with E-state index in [1.54, 1.807) is 18.2 Å². The molecule has 2 aromatic carbocycles. The lowest BCUT2D eigenvalue weighted by atomic mass is 9.91. The molecule has 7 nitrogen and oxygen atoms in total. The number of nitrogens with zero attached hydrogens (tertiary/aromatic N) is 1. The van der Waals surface area contributed by atoms with Crippen LogP contribution in [0.5, 0.6) is 11.5 Å². The molecule has 0 amide bonds. The van der Waals surface area contributed by atoms with Gasteiger partial charge >= 0.3 is 5.97 Å². The summed E-state index contributed by atoms with van der Waals surface area (Å²) in [4.78, 5) is 22.5. The standard InChI is InChI=1S/C17H17NO6/c1-22-14-9-6-12(10-15(14)23-2)16(17(19)24-3)11-4-7-13(8-5-11)18(20)21/h4-10,16H,1-3H3. The maximum atomic E-state index is 12.3. The van der Waals surface area contributed by atoms with Gasteiger partial charge in [0, 0.05) is 12.1 Å². The van der Waals surface area contributed by atoms with E-state index in [1.165, 1.54) is 45.6 Å². The fourth-order valence-electron chi connectivity index (χ4n) is 2.40. The average Bonchev–Trinajstić information content (AvgIpc) is 2.61. The molecule has 2 rings (SSSR count). The highest BCUT2D eigenvalue weighted by atomic mass is 16.6. The van der Waals surface area contributed by atoms with Crippen LogP contribution in [0.25, 0.3) is 0 Å². The van der Waals surface area contributed by atoms with Crippen LogP contribution in [0.15, 0.2) is 42.5 Å². The Morgan fingerprint density at radius 1 is 0.958 bits per heavy atom. The van der Waals surface area contributed by atoms with Crippen molar-refractivity contribution in [2.45, 2.75) is 5.92 Å². The number of hydrogen-bond donors (Lipinski definition) is 0. The first-order chi connectivity index (χ1) is 11.5. The van der Waals surface area contributed by atoms with Gasteiger partial charge in [-0.25, -0.2) is 0 Å². The number of benzene rings is 2. The van der Waals surface area contributed by atoms with Crippen molar-refractivity contribution in [1.82, 2.24) is 0 Å². The van der Waals surface area contributed by atoms with Gasteiger partial charge in [-0.15, -0.1) is 0 Å². The first-order valence-electron chi connectivity index (χ1n) is 7.06. The van der Waals surface area contributed by atoms with Crippen molar-refractivity contribution in [3.8, 4) is 11.5 Å². The Labute approximate surface area is 138 Å². The predicted octanol–water partition coefficient (Wildman–Crippen LogP) is 2.92. The van der Waals surface area contributed by atoms with Gasteiger partial charge in [0.1, 0.15) is 5.92 Å². The van der Waals surface area contributed by atoms with E-state index in [4.69, 9.17) is 14.2 Å². The van der Waals surface area contributed by atoms with E-state index in [0.29, 0.717) is 22.6 Å². The SMILES string of the molecule is COC(=O)C(c1ccc([N+](=O)[O-])cc1)c1ccc(OC)c(OC)c1. The highest BCUT2D eigenvalue weighted by molar-refractivity contribution is 5.82. The van der Waals surface area contributed by atoms with Gasteiger partial charge in [-0.2, -0.15) is 0 Å². The van der Waals surface area contributed by atoms with Crippen LogP contribution in [0.3, 0.4) is 0 Å². The molecule has 0 saturated heterocycles. The molecule has 2 aromatic rings. The molecule has 24 heavy (non-hydrogen) atoms. The number of methoxy groups -OCH3 is 3. The normalized spacial score (nSPS) is 11.5. The Morgan fingerprint density at radius 2 is 1.54 bits per heavy atom. The summed E-state index contributed by atoms with van der Waals surface area (Å²) >= 11 is 0. The summed E-state index contributed by atoms with van der Waals surface area (Å²) in [5.41, 5.74) is 1.17. The molecule has 0 aliphatic heterocycles. The van der Waals surface area contributed by atoms with E-state index in [1.807, 2.05) is 0 Å². The lowest BCUT2D eigenvalue weighted by molar-refractivity contribution is -0.384. The molecular formula is C17H17NO6. The first-order valence-corrected chi connectivity index (χ1v) is 7.06. The number of carbonyl (C=O) groups is 1. The number of nitro groups is 1. The number of hydrogen-bond acceptors (Lipinski definition) is 6. The van der Waals surface area contributed by atoms with Gasteiger partial charge in [0.05, 0.1) is 26.3 Å². The molecule has 7 heteroatoms. The highest BCUT2D eigenvalue weighted by Gasteiger charge is 2.25. The Bertz CT molecular complexity index is 741. The third kappa shape index (κ3) is 3.45. The van der Waals surface area contributed by atoms with Crippen LogP contribution in [0, 0.1) is 10.1 Å². The number of rotatable bonds is 6.